The van der Waals surface area contributed by atoms with Crippen molar-refractivity contribution < 1.29 is 9.53 Å². The van der Waals surface area contributed by atoms with Crippen LogP contribution in [0.4, 0.5) is 0 Å². The lowest BCUT2D eigenvalue weighted by atomic mass is 9.83. The first kappa shape index (κ1) is 21.9. The normalized spacial score (nSPS) is 13.6. The van der Waals surface area contributed by atoms with Gasteiger partial charge in [0.25, 0.3) is 0 Å². The summed E-state index contributed by atoms with van der Waals surface area (Å²) in [5, 5.41) is 0. The fraction of sp³-hybridized carbons (Fsp3) is 0.696. The van der Waals surface area contributed by atoms with Crippen molar-refractivity contribution in [1.29, 1.82) is 0 Å². The van der Waals surface area contributed by atoms with Crippen molar-refractivity contribution in [1.82, 2.24) is 0 Å². The van der Waals surface area contributed by atoms with Crippen LogP contribution in [0.25, 0.3) is 0 Å². The maximum Gasteiger partial charge on any atom is 0.194 e. The van der Waals surface area contributed by atoms with Gasteiger partial charge in [-0.25, -0.2) is 0 Å². The molecule has 1 aromatic rings. The van der Waals surface area contributed by atoms with E-state index in [2.05, 4.69) is 13.8 Å². The molecule has 0 aliphatic carbocycles. The molecule has 1 aromatic carbocycles. The molecule has 0 fully saturated rings. The molecule has 0 radical (unpaired) electrons. The summed E-state index contributed by atoms with van der Waals surface area (Å²) in [4.78, 5) is 13.1. The molecule has 0 spiro atoms. The molecule has 0 aliphatic heterocycles. The molecule has 0 saturated carbocycles. The zero-order chi connectivity index (χ0) is 18.4. The third-order valence-electron chi connectivity index (χ3n) is 5.21. The number of hydrogen-bond acceptors (Lipinski definition) is 2. The van der Waals surface area contributed by atoms with Crippen LogP contribution in [0.2, 0.25) is 0 Å². The predicted molar refractivity (Wildman–Crippen MR) is 107 cm³/mol. The van der Waals surface area contributed by atoms with E-state index in [-0.39, 0.29) is 5.78 Å². The topological polar surface area (TPSA) is 26.3 Å². The second kappa shape index (κ2) is 13.1. The Balaban J connectivity index is 2.56. The molecule has 2 heteroatoms. The molecule has 142 valence electrons. The number of benzene rings is 1. The summed E-state index contributed by atoms with van der Waals surface area (Å²) in [7, 11) is 1.71. The smallest absolute Gasteiger partial charge is 0.194 e. The highest BCUT2D eigenvalue weighted by atomic mass is 16.5. The molecular formula is C23H38O2. The average molecular weight is 347 g/mol. The van der Waals surface area contributed by atoms with E-state index in [1.54, 1.807) is 7.11 Å². The lowest BCUT2D eigenvalue weighted by Gasteiger charge is -2.31. The van der Waals surface area contributed by atoms with Crippen LogP contribution >= 0.6 is 0 Å². The number of Topliss-reactive ketones (excluding diaryl/α,β-unsaturated/α-hetero) is 1. The van der Waals surface area contributed by atoms with Crippen molar-refractivity contribution in [3.63, 3.8) is 0 Å². The monoisotopic (exact) mass is 346 g/mol. The highest BCUT2D eigenvalue weighted by Gasteiger charge is 2.37. The molecular weight excluding hydrogens is 308 g/mol. The molecule has 0 aliphatic rings. The van der Waals surface area contributed by atoms with E-state index in [0.717, 1.165) is 37.7 Å². The molecule has 0 heterocycles. The van der Waals surface area contributed by atoms with Gasteiger partial charge in [0.1, 0.15) is 5.60 Å². The van der Waals surface area contributed by atoms with Gasteiger partial charge in [-0.2, -0.15) is 0 Å². The van der Waals surface area contributed by atoms with E-state index < -0.39 is 5.60 Å². The fourth-order valence-electron chi connectivity index (χ4n) is 3.51. The molecule has 0 bridgehead atoms. The highest BCUT2D eigenvalue weighted by Crippen LogP contribution is 2.30. The van der Waals surface area contributed by atoms with Gasteiger partial charge in [-0.3, -0.25) is 4.79 Å². The van der Waals surface area contributed by atoms with E-state index >= 15 is 0 Å². The van der Waals surface area contributed by atoms with Gasteiger partial charge in [0.2, 0.25) is 0 Å². The van der Waals surface area contributed by atoms with Crippen molar-refractivity contribution in [3.8, 4) is 0 Å². The Morgan fingerprint density at radius 2 is 1.32 bits per heavy atom. The van der Waals surface area contributed by atoms with Crippen molar-refractivity contribution in [2.45, 2.75) is 96.5 Å². The highest BCUT2D eigenvalue weighted by molar-refractivity contribution is 6.02. The molecule has 1 atom stereocenters. The molecule has 2 nitrogen and oxygen atoms in total. The molecule has 25 heavy (non-hydrogen) atoms. The van der Waals surface area contributed by atoms with Gasteiger partial charge in [-0.05, 0) is 12.8 Å². The number of hydrogen-bond donors (Lipinski definition) is 0. The van der Waals surface area contributed by atoms with Gasteiger partial charge in [0.05, 0.1) is 0 Å². The first-order chi connectivity index (χ1) is 12.2. The Labute approximate surface area is 155 Å². The second-order valence-electron chi connectivity index (χ2n) is 7.22. The van der Waals surface area contributed by atoms with Crippen LogP contribution in [-0.2, 0) is 4.74 Å². The van der Waals surface area contributed by atoms with Crippen molar-refractivity contribution in [2.24, 2.45) is 0 Å². The molecule has 0 amide bonds. The number of carbonyl (C=O) groups is 1. The van der Waals surface area contributed by atoms with Crippen molar-refractivity contribution >= 4 is 5.78 Å². The number of ketones is 1. The van der Waals surface area contributed by atoms with Crippen LogP contribution in [0.1, 0.15) is 101 Å². The Kier molecular flexibility index (Phi) is 11.5. The van der Waals surface area contributed by atoms with E-state index in [0.29, 0.717) is 0 Å². The van der Waals surface area contributed by atoms with Crippen LogP contribution in [0.15, 0.2) is 30.3 Å². The van der Waals surface area contributed by atoms with Crippen LogP contribution in [0.3, 0.4) is 0 Å². The van der Waals surface area contributed by atoms with Gasteiger partial charge in [-0.15, -0.1) is 0 Å². The minimum atomic E-state index is -0.639. The van der Waals surface area contributed by atoms with Crippen LogP contribution < -0.4 is 0 Å². The third kappa shape index (κ3) is 7.73. The lowest BCUT2D eigenvalue weighted by Crippen LogP contribution is -2.41. The SMILES string of the molecule is CCCCCCCCCCC(CCCC)(OC)C(=O)c1ccccc1. The first-order valence-corrected chi connectivity index (χ1v) is 10.3. The minimum Gasteiger partial charge on any atom is -0.370 e. The van der Waals surface area contributed by atoms with Crippen LogP contribution in [0, 0.1) is 0 Å². The number of methoxy groups -OCH3 is 1. The summed E-state index contributed by atoms with van der Waals surface area (Å²) in [6.07, 6.45) is 14.0. The number of carbonyl (C=O) groups excluding carboxylic acids is 1. The van der Waals surface area contributed by atoms with Gasteiger partial charge in [0.15, 0.2) is 5.78 Å². The maximum absolute atomic E-state index is 13.1. The Morgan fingerprint density at radius 3 is 1.88 bits per heavy atom. The Bertz CT molecular complexity index is 454. The van der Waals surface area contributed by atoms with Crippen LogP contribution in [-0.4, -0.2) is 18.5 Å². The summed E-state index contributed by atoms with van der Waals surface area (Å²) < 4.78 is 5.87. The minimum absolute atomic E-state index is 0.159. The Hall–Kier alpha value is -1.15. The molecule has 0 saturated heterocycles. The average Bonchev–Trinajstić information content (AvgIpc) is 2.66. The zero-order valence-electron chi connectivity index (χ0n) is 16.7. The van der Waals surface area contributed by atoms with Crippen molar-refractivity contribution in [2.75, 3.05) is 7.11 Å². The molecule has 1 unspecified atom stereocenters. The van der Waals surface area contributed by atoms with E-state index in [1.807, 2.05) is 30.3 Å². The van der Waals surface area contributed by atoms with E-state index in [1.165, 1.54) is 44.9 Å². The number of unbranched alkanes of at least 4 members (excludes halogenated alkanes) is 8. The van der Waals surface area contributed by atoms with Gasteiger partial charge in [-0.1, -0.05) is 108 Å². The predicted octanol–water partition coefficient (Wildman–Crippen LogP) is 6.98. The van der Waals surface area contributed by atoms with E-state index in [9.17, 15) is 4.79 Å². The molecule has 1 rings (SSSR count). The third-order valence-corrected chi connectivity index (χ3v) is 5.21. The first-order valence-electron chi connectivity index (χ1n) is 10.3. The summed E-state index contributed by atoms with van der Waals surface area (Å²) in [5.41, 5.74) is 0.138. The zero-order valence-corrected chi connectivity index (χ0v) is 16.7. The standard InChI is InChI=1S/C23H38O2/c1-4-6-8-9-10-11-12-16-20-23(25-3,19-7-5-2)22(24)21-17-14-13-15-18-21/h13-15,17-18H,4-12,16,19-20H2,1-3H3. The largest absolute Gasteiger partial charge is 0.370 e. The van der Waals surface area contributed by atoms with Gasteiger partial charge >= 0.3 is 0 Å². The molecule has 0 N–H and O–H groups in total. The van der Waals surface area contributed by atoms with Crippen molar-refractivity contribution in [3.05, 3.63) is 35.9 Å². The van der Waals surface area contributed by atoms with Gasteiger partial charge in [0, 0.05) is 12.7 Å². The summed E-state index contributed by atoms with van der Waals surface area (Å²) >= 11 is 0. The maximum atomic E-state index is 13.1. The number of ether oxygens (including phenoxy) is 1. The lowest BCUT2D eigenvalue weighted by molar-refractivity contribution is -0.0108. The summed E-state index contributed by atoms with van der Waals surface area (Å²) in [5.74, 6) is 0.159. The molecule has 0 aromatic heterocycles. The van der Waals surface area contributed by atoms with E-state index in [4.69, 9.17) is 4.74 Å². The second-order valence-corrected chi connectivity index (χ2v) is 7.22. The number of rotatable bonds is 15. The van der Waals surface area contributed by atoms with Crippen LogP contribution in [0.5, 0.6) is 0 Å². The summed E-state index contributed by atoms with van der Waals surface area (Å²) in [6, 6.07) is 9.65. The fourth-order valence-corrected chi connectivity index (χ4v) is 3.51. The summed E-state index contributed by atoms with van der Waals surface area (Å²) in [6.45, 7) is 4.42. The van der Waals surface area contributed by atoms with Gasteiger partial charge < -0.3 is 4.74 Å². The Morgan fingerprint density at radius 1 is 0.800 bits per heavy atom. The quantitative estimate of drug-likeness (QED) is 0.253.